The van der Waals surface area contributed by atoms with Crippen LogP contribution in [0.25, 0.3) is 5.57 Å². The van der Waals surface area contributed by atoms with Gasteiger partial charge in [0.05, 0.1) is 12.3 Å². The molecular weight excluding hydrogens is 398 g/mol. The highest BCUT2D eigenvalue weighted by molar-refractivity contribution is 5.75. The Morgan fingerprint density at radius 1 is 1.03 bits per heavy atom. The van der Waals surface area contributed by atoms with Gasteiger partial charge in [0.15, 0.2) is 0 Å². The third-order valence-electron chi connectivity index (χ3n) is 6.57. The van der Waals surface area contributed by atoms with E-state index in [1.807, 2.05) is 0 Å². The average Bonchev–Trinajstić information content (AvgIpc) is 3.19. The molecule has 0 radical (unpaired) electrons. The summed E-state index contributed by atoms with van der Waals surface area (Å²) in [5.74, 6) is 0.542. The van der Waals surface area contributed by atoms with Crippen molar-refractivity contribution in [2.75, 3.05) is 38.5 Å². The fourth-order valence-electron chi connectivity index (χ4n) is 4.48. The number of aromatic nitrogens is 2. The number of nitrogens with two attached hydrogens (primary N) is 1. The molecule has 1 fully saturated rings. The van der Waals surface area contributed by atoms with Gasteiger partial charge in [-0.25, -0.2) is 0 Å². The van der Waals surface area contributed by atoms with Gasteiger partial charge in [0.25, 0.3) is 0 Å². The molecule has 0 amide bonds. The second-order valence-electron chi connectivity index (χ2n) is 9.25. The van der Waals surface area contributed by atoms with Crippen LogP contribution in [-0.2, 0) is 19.4 Å². The molecule has 0 bridgehead atoms. The molecule has 1 aliphatic heterocycles. The zero-order valence-electron chi connectivity index (χ0n) is 19.8. The summed E-state index contributed by atoms with van der Waals surface area (Å²) < 4.78 is 5.72. The molecule has 32 heavy (non-hydrogen) atoms. The van der Waals surface area contributed by atoms with Gasteiger partial charge >= 0.3 is 6.01 Å². The van der Waals surface area contributed by atoms with E-state index in [2.05, 4.69) is 70.9 Å². The fourth-order valence-corrected chi connectivity index (χ4v) is 4.48. The number of unbranched alkanes of at least 4 members (excludes halogenated alkanes) is 1. The minimum atomic E-state index is 0.399. The number of allylic oxidation sites excluding steroid dienone is 2. The summed E-state index contributed by atoms with van der Waals surface area (Å²) >= 11 is 0. The minimum Gasteiger partial charge on any atom is -0.463 e. The summed E-state index contributed by atoms with van der Waals surface area (Å²) in [4.78, 5) is 14.1. The second kappa shape index (κ2) is 10.5. The van der Waals surface area contributed by atoms with Gasteiger partial charge in [-0.1, -0.05) is 43.7 Å². The van der Waals surface area contributed by atoms with Gasteiger partial charge in [-0.15, -0.1) is 0 Å². The molecule has 0 saturated carbocycles. The molecule has 2 heterocycles. The van der Waals surface area contributed by atoms with Crippen LogP contribution in [0, 0.1) is 0 Å². The van der Waals surface area contributed by atoms with Gasteiger partial charge in [-0.05, 0) is 49.8 Å². The number of fused-ring (bicyclic) bond motifs is 1. The Morgan fingerprint density at radius 2 is 1.75 bits per heavy atom. The van der Waals surface area contributed by atoms with Crippen LogP contribution < -0.4 is 10.5 Å². The molecule has 0 unspecified atom stereocenters. The number of benzene rings is 1. The first kappa shape index (κ1) is 22.7. The van der Waals surface area contributed by atoms with Crippen molar-refractivity contribution in [1.82, 2.24) is 19.8 Å². The van der Waals surface area contributed by atoms with Crippen molar-refractivity contribution < 1.29 is 4.74 Å². The number of rotatable bonds is 9. The van der Waals surface area contributed by atoms with Crippen LogP contribution in [0.1, 0.15) is 56.0 Å². The first-order chi connectivity index (χ1) is 15.5. The van der Waals surface area contributed by atoms with E-state index in [1.54, 1.807) is 0 Å². The molecular formula is C26H37N5O. The molecule has 2 N–H and O–H groups in total. The number of piperazine rings is 1. The van der Waals surface area contributed by atoms with E-state index in [0.717, 1.165) is 56.6 Å². The lowest BCUT2D eigenvalue weighted by atomic mass is 10.0. The third kappa shape index (κ3) is 5.48. The molecule has 1 aromatic carbocycles. The van der Waals surface area contributed by atoms with Gasteiger partial charge in [0.1, 0.15) is 5.82 Å². The maximum Gasteiger partial charge on any atom is 0.318 e. The number of nitrogens with zero attached hydrogens (tertiary/aromatic N) is 4. The van der Waals surface area contributed by atoms with Crippen molar-refractivity contribution in [2.24, 2.45) is 0 Å². The largest absolute Gasteiger partial charge is 0.463 e. The Bertz CT molecular complexity index is 930. The van der Waals surface area contributed by atoms with Crippen LogP contribution in [0.15, 0.2) is 30.3 Å². The minimum absolute atomic E-state index is 0.399. The van der Waals surface area contributed by atoms with Crippen LogP contribution in [0.3, 0.4) is 0 Å². The van der Waals surface area contributed by atoms with Gasteiger partial charge < -0.3 is 10.5 Å². The molecule has 6 heteroatoms. The van der Waals surface area contributed by atoms with E-state index in [-0.39, 0.29) is 0 Å². The molecule has 0 atom stereocenters. The third-order valence-corrected chi connectivity index (χ3v) is 6.57. The number of hydrogen-bond acceptors (Lipinski definition) is 6. The number of nitrogen functional groups attached to an aromatic ring is 1. The topological polar surface area (TPSA) is 67.5 Å². The first-order valence-corrected chi connectivity index (χ1v) is 12.1. The van der Waals surface area contributed by atoms with Gasteiger partial charge in [0.2, 0.25) is 0 Å². The molecule has 6 nitrogen and oxygen atoms in total. The van der Waals surface area contributed by atoms with E-state index in [0.29, 0.717) is 24.5 Å². The zero-order chi connectivity index (χ0) is 22.5. The highest BCUT2D eigenvalue weighted by Gasteiger charge is 2.22. The van der Waals surface area contributed by atoms with E-state index in [1.165, 1.54) is 29.8 Å². The lowest BCUT2D eigenvalue weighted by Gasteiger charge is -2.36. The predicted molar refractivity (Wildman–Crippen MR) is 131 cm³/mol. The lowest BCUT2D eigenvalue weighted by Crippen LogP contribution is -2.48. The van der Waals surface area contributed by atoms with Crippen LogP contribution >= 0.6 is 0 Å². The SMILES string of the molecule is CCCCOc1nc(N)c2c(n1)C(Cc1ccc(CN3CCN(C(C)C)CC3)cc1)=CC2. The van der Waals surface area contributed by atoms with Crippen LogP contribution in [-0.4, -0.2) is 58.6 Å². The summed E-state index contributed by atoms with van der Waals surface area (Å²) in [7, 11) is 0. The molecule has 1 aromatic heterocycles. The first-order valence-electron chi connectivity index (χ1n) is 12.1. The van der Waals surface area contributed by atoms with E-state index < -0.39 is 0 Å². The predicted octanol–water partition coefficient (Wildman–Crippen LogP) is 3.95. The van der Waals surface area contributed by atoms with Crippen molar-refractivity contribution in [2.45, 2.75) is 59.0 Å². The highest BCUT2D eigenvalue weighted by atomic mass is 16.5. The van der Waals surface area contributed by atoms with Gasteiger partial charge in [0, 0.05) is 44.3 Å². The standard InChI is InChI=1S/C26H37N5O/c1-4-5-16-32-26-28-24-22(10-11-23(24)25(27)29-26)17-20-6-8-21(9-7-20)18-30-12-14-31(15-13-30)19(2)3/h6-10,19H,4-5,11-18H2,1-3H3,(H2,27,28,29). The summed E-state index contributed by atoms with van der Waals surface area (Å²) in [5.41, 5.74) is 12.1. The van der Waals surface area contributed by atoms with E-state index >= 15 is 0 Å². The summed E-state index contributed by atoms with van der Waals surface area (Å²) in [6, 6.07) is 10.1. The lowest BCUT2D eigenvalue weighted by molar-refractivity contribution is 0.104. The monoisotopic (exact) mass is 435 g/mol. The van der Waals surface area contributed by atoms with Crippen molar-refractivity contribution in [3.05, 3.63) is 52.7 Å². The summed E-state index contributed by atoms with van der Waals surface area (Å²) in [5, 5.41) is 0. The Kier molecular flexibility index (Phi) is 7.43. The summed E-state index contributed by atoms with van der Waals surface area (Å²) in [6.45, 7) is 13.0. The number of hydrogen-bond donors (Lipinski definition) is 1. The van der Waals surface area contributed by atoms with Crippen LogP contribution in [0.2, 0.25) is 0 Å². The molecule has 1 saturated heterocycles. The quantitative estimate of drug-likeness (QED) is 0.602. The number of ether oxygens (including phenoxy) is 1. The maximum absolute atomic E-state index is 6.19. The molecule has 172 valence electrons. The maximum atomic E-state index is 6.19. The molecule has 0 spiro atoms. The van der Waals surface area contributed by atoms with Crippen LogP contribution in [0.4, 0.5) is 5.82 Å². The second-order valence-corrected chi connectivity index (χ2v) is 9.25. The van der Waals surface area contributed by atoms with E-state index in [9.17, 15) is 0 Å². The average molecular weight is 436 g/mol. The van der Waals surface area contributed by atoms with Crippen molar-refractivity contribution in [3.63, 3.8) is 0 Å². The zero-order valence-corrected chi connectivity index (χ0v) is 19.8. The van der Waals surface area contributed by atoms with E-state index in [4.69, 9.17) is 10.5 Å². The van der Waals surface area contributed by atoms with Crippen molar-refractivity contribution in [3.8, 4) is 6.01 Å². The Balaban J connectivity index is 1.36. The van der Waals surface area contributed by atoms with Crippen molar-refractivity contribution >= 4 is 11.4 Å². The Morgan fingerprint density at radius 3 is 2.44 bits per heavy atom. The summed E-state index contributed by atoms with van der Waals surface area (Å²) in [6.07, 6.45) is 5.95. The van der Waals surface area contributed by atoms with Gasteiger partial charge in [-0.2, -0.15) is 9.97 Å². The Hall–Kier alpha value is -2.44. The Labute approximate surface area is 192 Å². The fraction of sp³-hybridized carbons (Fsp3) is 0.538. The van der Waals surface area contributed by atoms with Crippen molar-refractivity contribution in [1.29, 1.82) is 0 Å². The molecule has 1 aliphatic carbocycles. The highest BCUT2D eigenvalue weighted by Crippen LogP contribution is 2.32. The van der Waals surface area contributed by atoms with Crippen LogP contribution in [0.5, 0.6) is 6.01 Å². The molecule has 4 rings (SSSR count). The smallest absolute Gasteiger partial charge is 0.318 e. The van der Waals surface area contributed by atoms with Gasteiger partial charge in [-0.3, -0.25) is 9.80 Å². The molecule has 2 aromatic rings. The normalized spacial score (nSPS) is 16.9. The molecule has 2 aliphatic rings. The number of anilines is 1.